The molecule has 0 spiro atoms. The third-order valence-electron chi connectivity index (χ3n) is 3.88. The molecule has 1 amide bonds. The molecular weight excluding hydrogens is 326 g/mol. The number of aromatic hydroxyl groups is 3. The Labute approximate surface area is 142 Å². The van der Waals surface area contributed by atoms with E-state index in [1.165, 1.54) is 31.2 Å². The largest absolute Gasteiger partial charge is 0.504 e. The SMILES string of the molecule is CC(=O)Nc1ccc(C2(c3ccc(O)c(O)c3O)C=CC(=O)O2)cc1. The average Bonchev–Trinajstić information content (AvgIpc) is 2.96. The number of rotatable bonds is 3. The summed E-state index contributed by atoms with van der Waals surface area (Å²) in [5.74, 6) is -2.63. The van der Waals surface area contributed by atoms with Gasteiger partial charge in [-0.1, -0.05) is 12.1 Å². The molecule has 3 rings (SSSR count). The average molecular weight is 341 g/mol. The Kier molecular flexibility index (Phi) is 3.84. The van der Waals surface area contributed by atoms with E-state index in [1.54, 1.807) is 24.3 Å². The van der Waals surface area contributed by atoms with Gasteiger partial charge in [-0.2, -0.15) is 0 Å². The van der Waals surface area contributed by atoms with Crippen LogP contribution in [0.4, 0.5) is 5.69 Å². The van der Waals surface area contributed by atoms with Gasteiger partial charge in [0, 0.05) is 24.3 Å². The molecule has 2 aromatic carbocycles. The zero-order valence-electron chi connectivity index (χ0n) is 13.2. The van der Waals surface area contributed by atoms with Gasteiger partial charge in [0.15, 0.2) is 17.1 Å². The zero-order chi connectivity index (χ0) is 18.2. The van der Waals surface area contributed by atoms with Gasteiger partial charge in [-0.15, -0.1) is 0 Å². The summed E-state index contributed by atoms with van der Waals surface area (Å²) in [5.41, 5.74) is -0.320. The number of esters is 1. The van der Waals surface area contributed by atoms with Crippen LogP contribution in [-0.2, 0) is 19.9 Å². The molecule has 0 aliphatic carbocycles. The summed E-state index contributed by atoms with van der Waals surface area (Å²) in [4.78, 5) is 22.8. The fourth-order valence-corrected chi connectivity index (χ4v) is 2.74. The Morgan fingerprint density at radius 3 is 2.28 bits per heavy atom. The van der Waals surface area contributed by atoms with E-state index >= 15 is 0 Å². The lowest BCUT2D eigenvalue weighted by Gasteiger charge is -2.28. The maximum Gasteiger partial charge on any atom is 0.332 e. The number of ether oxygens (including phenoxy) is 1. The number of benzene rings is 2. The summed E-state index contributed by atoms with van der Waals surface area (Å²) in [5, 5.41) is 32.2. The highest BCUT2D eigenvalue weighted by Crippen LogP contribution is 2.48. The minimum Gasteiger partial charge on any atom is -0.504 e. The Bertz CT molecular complexity index is 887. The topological polar surface area (TPSA) is 116 Å². The lowest BCUT2D eigenvalue weighted by molar-refractivity contribution is -0.143. The molecule has 0 saturated heterocycles. The standard InChI is InChI=1S/C18H15NO6/c1-10(20)19-12-4-2-11(3-5-12)18(9-8-15(22)25-18)13-6-7-14(21)17(24)16(13)23/h2-9,21,23-24H,1H3,(H,19,20). The van der Waals surface area contributed by atoms with Crippen molar-refractivity contribution < 1.29 is 29.6 Å². The van der Waals surface area contributed by atoms with E-state index in [2.05, 4.69) is 5.32 Å². The highest BCUT2D eigenvalue weighted by Gasteiger charge is 2.42. The Balaban J connectivity index is 2.13. The van der Waals surface area contributed by atoms with E-state index < -0.39 is 28.8 Å². The molecule has 4 N–H and O–H groups in total. The number of carbonyl (C=O) groups is 2. The van der Waals surface area contributed by atoms with Gasteiger partial charge >= 0.3 is 5.97 Å². The Morgan fingerprint density at radius 2 is 1.72 bits per heavy atom. The molecule has 1 aliphatic rings. The summed E-state index contributed by atoms with van der Waals surface area (Å²) in [6.07, 6.45) is 2.67. The Hall–Kier alpha value is -3.48. The molecule has 0 aromatic heterocycles. The van der Waals surface area contributed by atoms with Crippen LogP contribution in [0.25, 0.3) is 0 Å². The predicted molar refractivity (Wildman–Crippen MR) is 88.2 cm³/mol. The number of carbonyl (C=O) groups excluding carboxylic acids is 2. The molecule has 7 heteroatoms. The fourth-order valence-electron chi connectivity index (χ4n) is 2.74. The minimum absolute atomic E-state index is 0.0946. The van der Waals surface area contributed by atoms with Crippen molar-refractivity contribution >= 4 is 17.6 Å². The quantitative estimate of drug-likeness (QED) is 0.502. The summed E-state index contributed by atoms with van der Waals surface area (Å²) in [6.45, 7) is 1.38. The van der Waals surface area contributed by atoms with Crippen LogP contribution in [-0.4, -0.2) is 27.2 Å². The molecule has 2 aromatic rings. The van der Waals surface area contributed by atoms with E-state index in [9.17, 15) is 24.9 Å². The lowest BCUT2D eigenvalue weighted by Crippen LogP contribution is -2.27. The van der Waals surface area contributed by atoms with Crippen LogP contribution in [0.5, 0.6) is 17.2 Å². The van der Waals surface area contributed by atoms with E-state index in [0.717, 1.165) is 0 Å². The van der Waals surface area contributed by atoms with E-state index in [1.807, 2.05) is 0 Å². The maximum absolute atomic E-state index is 11.7. The summed E-state index contributed by atoms with van der Waals surface area (Å²) < 4.78 is 5.43. The van der Waals surface area contributed by atoms with Gasteiger partial charge < -0.3 is 25.4 Å². The van der Waals surface area contributed by atoms with Gasteiger partial charge in [0.25, 0.3) is 0 Å². The molecule has 7 nitrogen and oxygen atoms in total. The van der Waals surface area contributed by atoms with Crippen LogP contribution in [0.1, 0.15) is 18.1 Å². The van der Waals surface area contributed by atoms with Crippen molar-refractivity contribution in [3.05, 3.63) is 59.7 Å². The summed E-state index contributed by atoms with van der Waals surface area (Å²) in [7, 11) is 0. The second-order valence-corrected chi connectivity index (χ2v) is 5.58. The molecule has 25 heavy (non-hydrogen) atoms. The molecule has 128 valence electrons. The van der Waals surface area contributed by atoms with Crippen molar-refractivity contribution in [1.82, 2.24) is 0 Å². The van der Waals surface area contributed by atoms with Crippen molar-refractivity contribution in [2.24, 2.45) is 0 Å². The summed E-state index contributed by atoms with van der Waals surface area (Å²) in [6, 6.07) is 9.04. The highest BCUT2D eigenvalue weighted by molar-refractivity contribution is 5.89. The van der Waals surface area contributed by atoms with Crippen molar-refractivity contribution in [3.63, 3.8) is 0 Å². The van der Waals surface area contributed by atoms with E-state index in [-0.39, 0.29) is 11.5 Å². The number of hydrogen-bond donors (Lipinski definition) is 4. The van der Waals surface area contributed by atoms with Crippen molar-refractivity contribution in [2.75, 3.05) is 5.32 Å². The highest BCUT2D eigenvalue weighted by atomic mass is 16.6. The van der Waals surface area contributed by atoms with Gasteiger partial charge in [-0.05, 0) is 30.3 Å². The molecule has 0 bridgehead atoms. The van der Waals surface area contributed by atoms with Crippen LogP contribution in [0, 0.1) is 0 Å². The molecule has 0 radical (unpaired) electrons. The number of nitrogens with one attached hydrogen (secondary N) is 1. The number of phenolic OH excluding ortho intramolecular Hbond substituents is 3. The first-order valence-electron chi connectivity index (χ1n) is 7.38. The molecule has 0 fully saturated rings. The minimum atomic E-state index is -1.46. The van der Waals surface area contributed by atoms with Crippen LogP contribution in [0.3, 0.4) is 0 Å². The molecule has 0 saturated carbocycles. The van der Waals surface area contributed by atoms with E-state index in [0.29, 0.717) is 11.3 Å². The van der Waals surface area contributed by atoms with Gasteiger partial charge in [0.1, 0.15) is 0 Å². The maximum atomic E-state index is 11.7. The molecule has 1 aliphatic heterocycles. The molecule has 1 heterocycles. The second kappa shape index (κ2) is 5.86. The van der Waals surface area contributed by atoms with Crippen LogP contribution >= 0.6 is 0 Å². The smallest absolute Gasteiger partial charge is 0.332 e. The Morgan fingerprint density at radius 1 is 1.04 bits per heavy atom. The van der Waals surface area contributed by atoms with Gasteiger partial charge in [-0.25, -0.2) is 4.79 Å². The van der Waals surface area contributed by atoms with Crippen LogP contribution < -0.4 is 5.32 Å². The third-order valence-corrected chi connectivity index (χ3v) is 3.88. The first-order chi connectivity index (χ1) is 11.8. The van der Waals surface area contributed by atoms with Gasteiger partial charge in [0.05, 0.1) is 5.56 Å². The summed E-state index contributed by atoms with van der Waals surface area (Å²) >= 11 is 0. The third kappa shape index (κ3) is 2.76. The number of phenols is 3. The molecule has 1 atom stereocenters. The molecule has 1 unspecified atom stereocenters. The first-order valence-corrected chi connectivity index (χ1v) is 7.38. The predicted octanol–water partition coefficient (Wildman–Crippen LogP) is 2.12. The number of amides is 1. The normalized spacial score (nSPS) is 18.8. The van der Waals surface area contributed by atoms with Crippen molar-refractivity contribution in [3.8, 4) is 17.2 Å². The van der Waals surface area contributed by atoms with Crippen LogP contribution in [0.15, 0.2) is 48.6 Å². The molecular formula is C18H15NO6. The number of anilines is 1. The first kappa shape index (κ1) is 16.4. The second-order valence-electron chi connectivity index (χ2n) is 5.58. The van der Waals surface area contributed by atoms with Crippen molar-refractivity contribution in [2.45, 2.75) is 12.5 Å². The lowest BCUT2D eigenvalue weighted by atomic mass is 9.85. The van der Waals surface area contributed by atoms with Crippen LogP contribution in [0.2, 0.25) is 0 Å². The number of hydrogen-bond acceptors (Lipinski definition) is 6. The van der Waals surface area contributed by atoms with Gasteiger partial charge in [0.2, 0.25) is 11.7 Å². The van der Waals surface area contributed by atoms with Crippen molar-refractivity contribution in [1.29, 1.82) is 0 Å². The fraction of sp³-hybridized carbons (Fsp3) is 0.111. The monoisotopic (exact) mass is 341 g/mol. The van der Waals surface area contributed by atoms with Gasteiger partial charge in [-0.3, -0.25) is 4.79 Å². The van der Waals surface area contributed by atoms with E-state index in [4.69, 9.17) is 4.74 Å². The zero-order valence-corrected chi connectivity index (χ0v) is 13.2. The number of cyclic esters (lactones) is 1.